The molecule has 3 nitrogen and oxygen atoms in total. The lowest BCUT2D eigenvalue weighted by atomic mass is 10.0. The smallest absolute Gasteiger partial charge is 0.234 e. The Bertz CT molecular complexity index is 409. The zero-order chi connectivity index (χ0) is 11.0. The Morgan fingerprint density at radius 2 is 2.12 bits per heavy atom. The molecule has 1 N–H and O–H groups in total. The molecule has 2 aliphatic heterocycles. The van der Waals surface area contributed by atoms with Crippen molar-refractivity contribution in [1.82, 2.24) is 10.2 Å². The van der Waals surface area contributed by atoms with Crippen molar-refractivity contribution in [2.24, 2.45) is 0 Å². The van der Waals surface area contributed by atoms with Crippen LogP contribution >= 0.6 is 11.8 Å². The summed E-state index contributed by atoms with van der Waals surface area (Å²) in [7, 11) is 0. The van der Waals surface area contributed by atoms with Crippen molar-refractivity contribution in [2.45, 2.75) is 5.66 Å². The summed E-state index contributed by atoms with van der Waals surface area (Å²) >= 11 is 1.72. The maximum atomic E-state index is 11.9. The summed E-state index contributed by atoms with van der Waals surface area (Å²) in [5.41, 5.74) is 0.953. The highest BCUT2D eigenvalue weighted by molar-refractivity contribution is 8.00. The molecule has 2 aliphatic rings. The topological polar surface area (TPSA) is 32.3 Å². The first kappa shape index (κ1) is 10.2. The molecule has 2 saturated heterocycles. The van der Waals surface area contributed by atoms with Crippen molar-refractivity contribution in [3.05, 3.63) is 35.9 Å². The molecule has 84 valence electrons. The van der Waals surface area contributed by atoms with Gasteiger partial charge in [0, 0.05) is 18.8 Å². The van der Waals surface area contributed by atoms with Crippen LogP contribution < -0.4 is 5.32 Å². The van der Waals surface area contributed by atoms with E-state index in [4.69, 9.17) is 0 Å². The summed E-state index contributed by atoms with van der Waals surface area (Å²) in [6, 6.07) is 10.3. The third kappa shape index (κ3) is 1.37. The van der Waals surface area contributed by atoms with Crippen LogP contribution in [0.5, 0.6) is 0 Å². The fourth-order valence-electron chi connectivity index (χ4n) is 2.55. The third-order valence-electron chi connectivity index (χ3n) is 3.30. The van der Waals surface area contributed by atoms with Crippen LogP contribution in [0.25, 0.3) is 0 Å². The van der Waals surface area contributed by atoms with E-state index in [0.29, 0.717) is 5.75 Å². The molecule has 1 amide bonds. The number of rotatable bonds is 1. The van der Waals surface area contributed by atoms with Gasteiger partial charge in [-0.15, -0.1) is 11.8 Å². The molecular formula is C12H14N2OS. The lowest BCUT2D eigenvalue weighted by molar-refractivity contribution is -0.133. The molecule has 1 aromatic carbocycles. The quantitative estimate of drug-likeness (QED) is 0.787. The average Bonchev–Trinajstić information content (AvgIpc) is 2.77. The Labute approximate surface area is 99.2 Å². The van der Waals surface area contributed by atoms with Crippen molar-refractivity contribution in [3.8, 4) is 0 Å². The second kappa shape index (κ2) is 3.79. The second-order valence-electron chi connectivity index (χ2n) is 4.19. The lowest BCUT2D eigenvalue weighted by Crippen LogP contribution is -2.56. The van der Waals surface area contributed by atoms with Crippen molar-refractivity contribution in [1.29, 1.82) is 0 Å². The van der Waals surface area contributed by atoms with Crippen LogP contribution in [0.15, 0.2) is 30.3 Å². The van der Waals surface area contributed by atoms with Crippen LogP contribution in [-0.2, 0) is 10.5 Å². The number of benzene rings is 1. The molecule has 3 rings (SSSR count). The maximum Gasteiger partial charge on any atom is 0.234 e. The molecule has 1 atom stereocenters. The van der Waals surface area contributed by atoms with E-state index in [1.165, 1.54) is 5.56 Å². The Morgan fingerprint density at radius 1 is 1.31 bits per heavy atom. The normalized spacial score (nSPS) is 29.2. The summed E-state index contributed by atoms with van der Waals surface area (Å²) in [5, 5.41) is 3.50. The number of amides is 1. The first-order valence-corrected chi connectivity index (χ1v) is 6.67. The molecule has 0 radical (unpaired) electrons. The number of fused-ring (bicyclic) bond motifs is 1. The number of carbonyl (C=O) groups excluding carboxylic acids is 1. The van der Waals surface area contributed by atoms with Crippen molar-refractivity contribution < 1.29 is 4.79 Å². The van der Waals surface area contributed by atoms with Gasteiger partial charge in [0.1, 0.15) is 5.66 Å². The van der Waals surface area contributed by atoms with E-state index in [1.807, 2.05) is 23.1 Å². The number of carbonyl (C=O) groups is 1. The Hall–Kier alpha value is -1.00. The van der Waals surface area contributed by atoms with Crippen LogP contribution in [0.2, 0.25) is 0 Å². The van der Waals surface area contributed by atoms with E-state index in [9.17, 15) is 4.79 Å². The summed E-state index contributed by atoms with van der Waals surface area (Å²) in [4.78, 5) is 13.9. The van der Waals surface area contributed by atoms with Gasteiger partial charge in [-0.05, 0) is 5.56 Å². The van der Waals surface area contributed by atoms with Gasteiger partial charge in [0.05, 0.1) is 5.75 Å². The van der Waals surface area contributed by atoms with Crippen molar-refractivity contribution in [2.75, 3.05) is 24.6 Å². The minimum absolute atomic E-state index is 0.249. The molecule has 0 saturated carbocycles. The molecule has 2 heterocycles. The van der Waals surface area contributed by atoms with Gasteiger partial charge in [0.15, 0.2) is 0 Å². The van der Waals surface area contributed by atoms with Gasteiger partial charge in [-0.1, -0.05) is 30.3 Å². The summed E-state index contributed by atoms with van der Waals surface area (Å²) in [5.74, 6) is 1.82. The first-order valence-electron chi connectivity index (χ1n) is 5.52. The second-order valence-corrected chi connectivity index (χ2v) is 5.18. The van der Waals surface area contributed by atoms with E-state index in [1.54, 1.807) is 11.8 Å². The number of hydrogen-bond acceptors (Lipinski definition) is 3. The van der Waals surface area contributed by atoms with E-state index < -0.39 is 0 Å². The lowest BCUT2D eigenvalue weighted by Gasteiger charge is -2.41. The van der Waals surface area contributed by atoms with E-state index in [2.05, 4.69) is 17.4 Å². The number of thioether (sulfide) groups is 1. The number of nitrogens with zero attached hydrogens (tertiary/aromatic N) is 1. The summed E-state index contributed by atoms with van der Waals surface area (Å²) in [6.45, 7) is 1.72. The fourth-order valence-corrected chi connectivity index (χ4v) is 3.70. The van der Waals surface area contributed by atoms with Gasteiger partial charge < -0.3 is 4.90 Å². The van der Waals surface area contributed by atoms with E-state index in [0.717, 1.165) is 18.8 Å². The molecule has 1 unspecified atom stereocenters. The highest BCUT2D eigenvalue weighted by Crippen LogP contribution is 2.36. The first-order chi connectivity index (χ1) is 7.83. The van der Waals surface area contributed by atoms with Crippen molar-refractivity contribution >= 4 is 17.7 Å². The van der Waals surface area contributed by atoms with Gasteiger partial charge >= 0.3 is 0 Å². The van der Waals surface area contributed by atoms with Crippen LogP contribution in [-0.4, -0.2) is 35.4 Å². The van der Waals surface area contributed by atoms with Gasteiger partial charge in [0.2, 0.25) is 5.91 Å². The van der Waals surface area contributed by atoms with Gasteiger partial charge in [-0.2, -0.15) is 0 Å². The average molecular weight is 234 g/mol. The summed E-state index contributed by atoms with van der Waals surface area (Å²) < 4.78 is 0. The molecule has 0 aliphatic carbocycles. The molecule has 0 bridgehead atoms. The largest absolute Gasteiger partial charge is 0.317 e. The summed E-state index contributed by atoms with van der Waals surface area (Å²) in [6.07, 6.45) is 0. The van der Waals surface area contributed by atoms with Crippen molar-refractivity contribution in [3.63, 3.8) is 0 Å². The number of nitrogens with one attached hydrogen (secondary N) is 1. The van der Waals surface area contributed by atoms with Crippen LogP contribution in [0, 0.1) is 0 Å². The van der Waals surface area contributed by atoms with Crippen LogP contribution in [0.4, 0.5) is 0 Å². The molecular weight excluding hydrogens is 220 g/mol. The van der Waals surface area contributed by atoms with Gasteiger partial charge in [-0.25, -0.2) is 0 Å². The highest BCUT2D eigenvalue weighted by atomic mass is 32.2. The third-order valence-corrected chi connectivity index (χ3v) is 4.38. The standard InChI is InChI=1S/C12H14N2OS/c15-11-8-16-9-12(13-6-7-14(11)12)10-4-2-1-3-5-10/h1-5,13H,6-9H2. The molecule has 4 heteroatoms. The van der Waals surface area contributed by atoms with Gasteiger partial charge in [0.25, 0.3) is 0 Å². The fraction of sp³-hybridized carbons (Fsp3) is 0.417. The van der Waals surface area contributed by atoms with Gasteiger partial charge in [-0.3, -0.25) is 10.1 Å². The SMILES string of the molecule is O=C1CSCC2(c3ccccc3)NCCN12. The van der Waals surface area contributed by atoms with E-state index in [-0.39, 0.29) is 11.6 Å². The van der Waals surface area contributed by atoms with Crippen LogP contribution in [0.1, 0.15) is 5.56 Å². The predicted molar refractivity (Wildman–Crippen MR) is 65.2 cm³/mol. The molecule has 0 aromatic heterocycles. The zero-order valence-electron chi connectivity index (χ0n) is 8.98. The Morgan fingerprint density at radius 3 is 2.94 bits per heavy atom. The van der Waals surface area contributed by atoms with E-state index >= 15 is 0 Å². The maximum absolute atomic E-state index is 11.9. The minimum Gasteiger partial charge on any atom is -0.317 e. The molecule has 16 heavy (non-hydrogen) atoms. The Balaban J connectivity index is 2.05. The molecule has 2 fully saturated rings. The number of hydrogen-bond donors (Lipinski definition) is 1. The Kier molecular flexibility index (Phi) is 2.41. The molecule has 1 aromatic rings. The molecule has 0 spiro atoms. The predicted octanol–water partition coefficient (Wildman–Crippen LogP) is 1.02. The monoisotopic (exact) mass is 234 g/mol. The minimum atomic E-state index is -0.249. The zero-order valence-corrected chi connectivity index (χ0v) is 9.80. The van der Waals surface area contributed by atoms with Crippen LogP contribution in [0.3, 0.4) is 0 Å². The highest BCUT2D eigenvalue weighted by Gasteiger charge is 2.47.